The summed E-state index contributed by atoms with van der Waals surface area (Å²) in [7, 11) is 3.25. The zero-order valence-electron chi connectivity index (χ0n) is 14.8. The van der Waals surface area contributed by atoms with E-state index in [-0.39, 0.29) is 6.10 Å². The first-order valence-corrected chi connectivity index (χ1v) is 8.38. The number of nitrogens with zero attached hydrogens (tertiary/aromatic N) is 2. The standard InChI is InChI=1S/C18H24N4O3/c1-12-9-17(21-15-7-6-13(23-2)10-16(15)24-3)22-18(20-12)19-11-14-5-4-8-25-14/h6-7,9-10,14H,4-5,8,11H2,1-3H3,(H2,19,20,21,22). The van der Waals surface area contributed by atoms with Crippen molar-refractivity contribution < 1.29 is 14.2 Å². The Labute approximate surface area is 147 Å². The SMILES string of the molecule is COc1ccc(Nc2cc(C)nc(NCC3CCCO3)n2)c(OC)c1. The van der Waals surface area contributed by atoms with Crippen molar-refractivity contribution in [3.63, 3.8) is 0 Å². The maximum absolute atomic E-state index is 5.62. The maximum Gasteiger partial charge on any atom is 0.224 e. The van der Waals surface area contributed by atoms with Crippen molar-refractivity contribution in [1.82, 2.24) is 9.97 Å². The molecule has 7 nitrogen and oxygen atoms in total. The van der Waals surface area contributed by atoms with Crippen molar-refractivity contribution in [3.8, 4) is 11.5 Å². The van der Waals surface area contributed by atoms with Crippen LogP contribution in [0.15, 0.2) is 24.3 Å². The van der Waals surface area contributed by atoms with Crippen molar-refractivity contribution >= 4 is 17.5 Å². The van der Waals surface area contributed by atoms with Gasteiger partial charge in [-0.1, -0.05) is 0 Å². The molecule has 25 heavy (non-hydrogen) atoms. The van der Waals surface area contributed by atoms with Gasteiger partial charge < -0.3 is 24.8 Å². The Hall–Kier alpha value is -2.54. The molecule has 1 aliphatic heterocycles. The summed E-state index contributed by atoms with van der Waals surface area (Å²) in [5, 5.41) is 6.54. The Morgan fingerprint density at radius 1 is 1.20 bits per heavy atom. The van der Waals surface area contributed by atoms with Gasteiger partial charge >= 0.3 is 0 Å². The molecular formula is C18H24N4O3. The fourth-order valence-electron chi connectivity index (χ4n) is 2.76. The van der Waals surface area contributed by atoms with E-state index >= 15 is 0 Å². The third-order valence-corrected chi connectivity index (χ3v) is 4.04. The van der Waals surface area contributed by atoms with Gasteiger partial charge in [-0.05, 0) is 31.9 Å². The van der Waals surface area contributed by atoms with Crippen molar-refractivity contribution in [1.29, 1.82) is 0 Å². The van der Waals surface area contributed by atoms with Crippen molar-refractivity contribution in [3.05, 3.63) is 30.0 Å². The number of aromatic nitrogens is 2. The van der Waals surface area contributed by atoms with Gasteiger partial charge in [0.15, 0.2) is 0 Å². The van der Waals surface area contributed by atoms with Crippen LogP contribution in [-0.4, -0.2) is 43.4 Å². The molecule has 3 rings (SSSR count). The zero-order valence-corrected chi connectivity index (χ0v) is 14.8. The monoisotopic (exact) mass is 344 g/mol. The topological polar surface area (TPSA) is 77.5 Å². The molecule has 1 atom stereocenters. The smallest absolute Gasteiger partial charge is 0.224 e. The maximum atomic E-state index is 5.62. The summed E-state index contributed by atoms with van der Waals surface area (Å²) in [6.45, 7) is 3.50. The van der Waals surface area contributed by atoms with E-state index in [4.69, 9.17) is 14.2 Å². The number of rotatable bonds is 7. The van der Waals surface area contributed by atoms with Crippen LogP contribution in [0.2, 0.25) is 0 Å². The first-order chi connectivity index (χ1) is 12.2. The molecule has 2 aromatic rings. The average molecular weight is 344 g/mol. The molecule has 134 valence electrons. The first-order valence-electron chi connectivity index (χ1n) is 8.38. The van der Waals surface area contributed by atoms with Gasteiger partial charge in [-0.3, -0.25) is 0 Å². The summed E-state index contributed by atoms with van der Waals surface area (Å²) >= 11 is 0. The largest absolute Gasteiger partial charge is 0.497 e. The molecule has 1 aromatic heterocycles. The van der Waals surface area contributed by atoms with Crippen molar-refractivity contribution in [2.75, 3.05) is 38.0 Å². The number of anilines is 3. The van der Waals surface area contributed by atoms with Crippen molar-refractivity contribution in [2.24, 2.45) is 0 Å². The van der Waals surface area contributed by atoms with E-state index in [0.29, 0.717) is 17.5 Å². The van der Waals surface area contributed by atoms with Crippen LogP contribution in [-0.2, 0) is 4.74 Å². The third-order valence-electron chi connectivity index (χ3n) is 4.04. The van der Waals surface area contributed by atoms with Crippen LogP contribution in [0.25, 0.3) is 0 Å². The Balaban J connectivity index is 1.73. The molecule has 1 fully saturated rings. The molecule has 0 bridgehead atoms. The predicted molar refractivity (Wildman–Crippen MR) is 97.1 cm³/mol. The van der Waals surface area contributed by atoms with Gasteiger partial charge in [-0.25, -0.2) is 4.98 Å². The molecule has 0 amide bonds. The predicted octanol–water partition coefficient (Wildman–Crippen LogP) is 3.14. The number of methoxy groups -OCH3 is 2. The van der Waals surface area contributed by atoms with Gasteiger partial charge in [-0.2, -0.15) is 4.98 Å². The van der Waals surface area contributed by atoms with Crippen LogP contribution in [0.5, 0.6) is 11.5 Å². The Morgan fingerprint density at radius 2 is 2.08 bits per heavy atom. The van der Waals surface area contributed by atoms with E-state index < -0.39 is 0 Å². The lowest BCUT2D eigenvalue weighted by molar-refractivity contribution is 0.120. The molecule has 2 N–H and O–H groups in total. The second-order valence-electron chi connectivity index (χ2n) is 5.93. The molecule has 1 aliphatic rings. The van der Waals surface area contributed by atoms with Crippen molar-refractivity contribution in [2.45, 2.75) is 25.9 Å². The number of ether oxygens (including phenoxy) is 3. The fourth-order valence-corrected chi connectivity index (χ4v) is 2.76. The Kier molecular flexibility index (Phi) is 5.55. The molecular weight excluding hydrogens is 320 g/mol. The van der Waals surface area contributed by atoms with Gasteiger partial charge in [0.1, 0.15) is 17.3 Å². The van der Waals surface area contributed by atoms with Crippen LogP contribution in [0.1, 0.15) is 18.5 Å². The van der Waals surface area contributed by atoms with E-state index in [0.717, 1.165) is 43.1 Å². The van der Waals surface area contributed by atoms with E-state index in [1.54, 1.807) is 14.2 Å². The molecule has 7 heteroatoms. The van der Waals surface area contributed by atoms with E-state index in [2.05, 4.69) is 20.6 Å². The summed E-state index contributed by atoms with van der Waals surface area (Å²) in [4.78, 5) is 8.97. The number of benzene rings is 1. The van der Waals surface area contributed by atoms with Gasteiger partial charge in [-0.15, -0.1) is 0 Å². The van der Waals surface area contributed by atoms with Crippen LogP contribution >= 0.6 is 0 Å². The highest BCUT2D eigenvalue weighted by Crippen LogP contribution is 2.31. The first kappa shape index (κ1) is 17.3. The minimum atomic E-state index is 0.238. The van der Waals surface area contributed by atoms with Gasteiger partial charge in [0.2, 0.25) is 5.95 Å². The van der Waals surface area contributed by atoms with Gasteiger partial charge in [0, 0.05) is 31.0 Å². The van der Waals surface area contributed by atoms with Gasteiger partial charge in [0.05, 0.1) is 26.0 Å². The number of hydrogen-bond acceptors (Lipinski definition) is 7. The molecule has 0 spiro atoms. The van der Waals surface area contributed by atoms with Crippen LogP contribution in [0, 0.1) is 6.92 Å². The zero-order chi connectivity index (χ0) is 17.6. The summed E-state index contributed by atoms with van der Waals surface area (Å²) in [6.07, 6.45) is 2.43. The molecule has 0 aliphatic carbocycles. The lowest BCUT2D eigenvalue weighted by Crippen LogP contribution is -2.20. The highest BCUT2D eigenvalue weighted by atomic mass is 16.5. The molecule has 2 heterocycles. The highest BCUT2D eigenvalue weighted by molar-refractivity contribution is 5.66. The molecule has 0 saturated carbocycles. The fraction of sp³-hybridized carbons (Fsp3) is 0.444. The van der Waals surface area contributed by atoms with Crippen LogP contribution < -0.4 is 20.1 Å². The third kappa shape index (κ3) is 4.51. The number of nitrogens with one attached hydrogen (secondary N) is 2. The number of hydrogen-bond donors (Lipinski definition) is 2. The highest BCUT2D eigenvalue weighted by Gasteiger charge is 2.15. The Morgan fingerprint density at radius 3 is 2.80 bits per heavy atom. The lowest BCUT2D eigenvalue weighted by atomic mass is 10.2. The lowest BCUT2D eigenvalue weighted by Gasteiger charge is -2.14. The Bertz CT molecular complexity index is 717. The molecule has 1 aromatic carbocycles. The molecule has 0 radical (unpaired) electrons. The van der Waals surface area contributed by atoms with Gasteiger partial charge in [0.25, 0.3) is 0 Å². The number of aryl methyl sites for hydroxylation is 1. The van der Waals surface area contributed by atoms with Crippen LogP contribution in [0.4, 0.5) is 17.5 Å². The quantitative estimate of drug-likeness (QED) is 0.799. The van der Waals surface area contributed by atoms with E-state index in [1.165, 1.54) is 0 Å². The van der Waals surface area contributed by atoms with E-state index in [9.17, 15) is 0 Å². The molecule has 1 saturated heterocycles. The minimum absolute atomic E-state index is 0.238. The minimum Gasteiger partial charge on any atom is -0.497 e. The summed E-state index contributed by atoms with van der Waals surface area (Å²) in [5.74, 6) is 2.71. The van der Waals surface area contributed by atoms with E-state index in [1.807, 2.05) is 31.2 Å². The summed E-state index contributed by atoms with van der Waals surface area (Å²) < 4.78 is 16.3. The normalized spacial score (nSPS) is 16.5. The molecule has 1 unspecified atom stereocenters. The summed E-state index contributed by atoms with van der Waals surface area (Å²) in [5.41, 5.74) is 1.69. The second kappa shape index (κ2) is 8.02. The summed E-state index contributed by atoms with van der Waals surface area (Å²) in [6, 6.07) is 7.48. The second-order valence-corrected chi connectivity index (χ2v) is 5.93. The van der Waals surface area contributed by atoms with Crippen LogP contribution in [0.3, 0.4) is 0 Å². The average Bonchev–Trinajstić information content (AvgIpc) is 3.13.